The first-order valence-corrected chi connectivity index (χ1v) is 6.28. The molecule has 0 N–H and O–H groups in total. The minimum atomic E-state index is 1.07. The summed E-state index contributed by atoms with van der Waals surface area (Å²) in [6, 6.07) is 12.8. The SMILES string of the molecule is CC.CCc1ccc2ccccc2c1Br. The molecule has 1 heteroatoms. The van der Waals surface area contributed by atoms with Gasteiger partial charge in [0, 0.05) is 4.47 Å². The van der Waals surface area contributed by atoms with Crippen LogP contribution in [0.25, 0.3) is 10.8 Å². The Balaban J connectivity index is 0.000000531. The number of rotatable bonds is 1. The van der Waals surface area contributed by atoms with Gasteiger partial charge < -0.3 is 0 Å². The second-order valence-corrected chi connectivity index (χ2v) is 3.91. The van der Waals surface area contributed by atoms with E-state index < -0.39 is 0 Å². The zero-order valence-corrected chi connectivity index (χ0v) is 11.1. The highest BCUT2D eigenvalue weighted by Gasteiger charge is 2.01. The third kappa shape index (κ3) is 2.60. The van der Waals surface area contributed by atoms with Crippen LogP contribution in [0.2, 0.25) is 0 Å². The van der Waals surface area contributed by atoms with Gasteiger partial charge in [-0.05, 0) is 38.7 Å². The van der Waals surface area contributed by atoms with Crippen molar-refractivity contribution in [3.8, 4) is 0 Å². The minimum Gasteiger partial charge on any atom is -0.0683 e. The molecule has 0 nitrogen and oxygen atoms in total. The number of hydrogen-bond acceptors (Lipinski definition) is 0. The van der Waals surface area contributed by atoms with Gasteiger partial charge in [-0.2, -0.15) is 0 Å². The van der Waals surface area contributed by atoms with Crippen LogP contribution in [-0.2, 0) is 6.42 Å². The van der Waals surface area contributed by atoms with E-state index in [1.807, 2.05) is 13.8 Å². The van der Waals surface area contributed by atoms with Crippen molar-refractivity contribution in [2.75, 3.05) is 0 Å². The van der Waals surface area contributed by atoms with E-state index >= 15 is 0 Å². The first kappa shape index (κ1) is 12.3. The third-order valence-corrected chi connectivity index (χ3v) is 3.26. The molecule has 0 radical (unpaired) electrons. The van der Waals surface area contributed by atoms with Crippen LogP contribution in [0.15, 0.2) is 40.9 Å². The summed E-state index contributed by atoms with van der Waals surface area (Å²) in [7, 11) is 0. The van der Waals surface area contributed by atoms with Crippen LogP contribution in [0.4, 0.5) is 0 Å². The summed E-state index contributed by atoms with van der Waals surface area (Å²) in [5.74, 6) is 0. The number of aryl methyl sites for hydroxylation is 1. The molecule has 0 heterocycles. The molecule has 0 bridgehead atoms. The van der Waals surface area contributed by atoms with Crippen molar-refractivity contribution >= 4 is 26.7 Å². The molecule has 15 heavy (non-hydrogen) atoms. The summed E-state index contributed by atoms with van der Waals surface area (Å²) in [6.45, 7) is 6.18. The number of benzene rings is 2. The molecule has 0 saturated carbocycles. The Kier molecular flexibility index (Phi) is 4.83. The van der Waals surface area contributed by atoms with Crippen LogP contribution < -0.4 is 0 Å². The van der Waals surface area contributed by atoms with Gasteiger partial charge in [-0.1, -0.05) is 57.2 Å². The normalized spacial score (nSPS) is 9.60. The Morgan fingerprint density at radius 1 is 1.00 bits per heavy atom. The molecular formula is C14H17Br. The predicted octanol–water partition coefficient (Wildman–Crippen LogP) is 5.19. The standard InChI is InChI=1S/C12H11Br.C2H6/c1-2-9-7-8-10-5-3-4-6-11(10)12(9)13;1-2/h3-8H,2H2,1H3;1-2H3. The average molecular weight is 265 g/mol. The lowest BCUT2D eigenvalue weighted by atomic mass is 10.1. The number of halogens is 1. The predicted molar refractivity (Wildman–Crippen MR) is 72.4 cm³/mol. The summed E-state index contributed by atoms with van der Waals surface area (Å²) < 4.78 is 1.24. The van der Waals surface area contributed by atoms with Gasteiger partial charge in [0.2, 0.25) is 0 Å². The summed E-state index contributed by atoms with van der Waals surface area (Å²) in [4.78, 5) is 0. The summed E-state index contributed by atoms with van der Waals surface area (Å²) in [5, 5.41) is 2.61. The Bertz CT molecular complexity index is 432. The molecule has 0 spiro atoms. The lowest BCUT2D eigenvalue weighted by Gasteiger charge is -2.05. The van der Waals surface area contributed by atoms with Crippen molar-refractivity contribution in [3.63, 3.8) is 0 Å². The van der Waals surface area contributed by atoms with Gasteiger partial charge in [-0.3, -0.25) is 0 Å². The number of fused-ring (bicyclic) bond motifs is 1. The van der Waals surface area contributed by atoms with Gasteiger partial charge in [-0.25, -0.2) is 0 Å². The average Bonchev–Trinajstić information content (AvgIpc) is 2.33. The van der Waals surface area contributed by atoms with E-state index in [1.165, 1.54) is 20.8 Å². The fourth-order valence-corrected chi connectivity index (χ4v) is 2.33. The van der Waals surface area contributed by atoms with E-state index in [0.717, 1.165) is 6.42 Å². The maximum absolute atomic E-state index is 3.64. The zero-order valence-electron chi connectivity index (χ0n) is 9.55. The first-order chi connectivity index (χ1) is 7.33. The smallest absolute Gasteiger partial charge is 0.0285 e. The fourth-order valence-electron chi connectivity index (χ4n) is 1.55. The first-order valence-electron chi connectivity index (χ1n) is 5.49. The quantitative estimate of drug-likeness (QED) is 0.665. The van der Waals surface area contributed by atoms with E-state index in [0.29, 0.717) is 0 Å². The topological polar surface area (TPSA) is 0 Å². The molecule has 80 valence electrons. The molecule has 0 aliphatic rings. The Labute approximate surface area is 100 Å². The molecule has 0 atom stereocenters. The molecule has 2 aromatic rings. The highest BCUT2D eigenvalue weighted by atomic mass is 79.9. The highest BCUT2D eigenvalue weighted by Crippen LogP contribution is 2.27. The van der Waals surface area contributed by atoms with E-state index in [9.17, 15) is 0 Å². The summed E-state index contributed by atoms with van der Waals surface area (Å²) >= 11 is 3.64. The lowest BCUT2D eigenvalue weighted by Crippen LogP contribution is -1.83. The molecule has 2 aromatic carbocycles. The maximum Gasteiger partial charge on any atom is 0.0285 e. The fraction of sp³-hybridized carbons (Fsp3) is 0.286. The summed E-state index contributed by atoms with van der Waals surface area (Å²) in [6.07, 6.45) is 1.07. The van der Waals surface area contributed by atoms with Crippen LogP contribution >= 0.6 is 15.9 Å². The Hall–Kier alpha value is -0.820. The van der Waals surface area contributed by atoms with Crippen LogP contribution in [0.1, 0.15) is 26.3 Å². The van der Waals surface area contributed by atoms with E-state index in [-0.39, 0.29) is 0 Å². The molecule has 0 amide bonds. The Morgan fingerprint density at radius 3 is 2.33 bits per heavy atom. The van der Waals surface area contributed by atoms with Crippen molar-refractivity contribution in [2.24, 2.45) is 0 Å². The summed E-state index contributed by atoms with van der Waals surface area (Å²) in [5.41, 5.74) is 1.37. The molecule has 0 fully saturated rings. The lowest BCUT2D eigenvalue weighted by molar-refractivity contribution is 1.13. The second kappa shape index (κ2) is 5.92. The molecule has 0 saturated heterocycles. The van der Waals surface area contributed by atoms with Gasteiger partial charge >= 0.3 is 0 Å². The van der Waals surface area contributed by atoms with E-state index in [2.05, 4.69) is 59.3 Å². The monoisotopic (exact) mass is 264 g/mol. The van der Waals surface area contributed by atoms with Gasteiger partial charge in [0.15, 0.2) is 0 Å². The van der Waals surface area contributed by atoms with Gasteiger partial charge in [0.05, 0.1) is 0 Å². The van der Waals surface area contributed by atoms with Crippen molar-refractivity contribution in [1.82, 2.24) is 0 Å². The van der Waals surface area contributed by atoms with Crippen LogP contribution in [0.3, 0.4) is 0 Å². The van der Waals surface area contributed by atoms with Crippen LogP contribution in [0, 0.1) is 0 Å². The van der Waals surface area contributed by atoms with E-state index in [1.54, 1.807) is 0 Å². The van der Waals surface area contributed by atoms with Crippen molar-refractivity contribution in [2.45, 2.75) is 27.2 Å². The van der Waals surface area contributed by atoms with E-state index in [4.69, 9.17) is 0 Å². The minimum absolute atomic E-state index is 1.07. The molecule has 0 aliphatic heterocycles. The maximum atomic E-state index is 3.64. The van der Waals surface area contributed by atoms with Gasteiger partial charge in [0.1, 0.15) is 0 Å². The van der Waals surface area contributed by atoms with Crippen LogP contribution in [-0.4, -0.2) is 0 Å². The molecule has 0 unspecified atom stereocenters. The number of hydrogen-bond donors (Lipinski definition) is 0. The zero-order chi connectivity index (χ0) is 11.3. The third-order valence-electron chi connectivity index (χ3n) is 2.32. The molecule has 2 rings (SSSR count). The van der Waals surface area contributed by atoms with Crippen molar-refractivity contribution in [3.05, 3.63) is 46.4 Å². The van der Waals surface area contributed by atoms with Crippen LogP contribution in [0.5, 0.6) is 0 Å². The highest BCUT2D eigenvalue weighted by molar-refractivity contribution is 9.10. The van der Waals surface area contributed by atoms with Gasteiger partial charge in [-0.15, -0.1) is 0 Å². The van der Waals surface area contributed by atoms with Gasteiger partial charge in [0.25, 0.3) is 0 Å². The second-order valence-electron chi connectivity index (χ2n) is 3.11. The Morgan fingerprint density at radius 2 is 1.67 bits per heavy atom. The largest absolute Gasteiger partial charge is 0.0683 e. The van der Waals surface area contributed by atoms with Crippen molar-refractivity contribution in [1.29, 1.82) is 0 Å². The molecule has 0 aliphatic carbocycles. The molecule has 0 aromatic heterocycles. The van der Waals surface area contributed by atoms with Crippen molar-refractivity contribution < 1.29 is 0 Å². The molecular weight excluding hydrogens is 248 g/mol.